The molecule has 12 heavy (non-hydrogen) atoms. The quantitative estimate of drug-likeness (QED) is 0.749. The van der Waals surface area contributed by atoms with Gasteiger partial charge in [-0.2, -0.15) is 0 Å². The molecule has 0 unspecified atom stereocenters. The van der Waals surface area contributed by atoms with E-state index in [9.17, 15) is 8.42 Å². The second-order valence-electron chi connectivity index (χ2n) is 2.11. The summed E-state index contributed by atoms with van der Waals surface area (Å²) >= 11 is 2.77. The molecule has 0 aliphatic carbocycles. The molecule has 0 bridgehead atoms. The molecule has 3 nitrogen and oxygen atoms in total. The van der Waals surface area contributed by atoms with Crippen LogP contribution in [0.25, 0.3) is 0 Å². The van der Waals surface area contributed by atoms with Crippen molar-refractivity contribution in [3.63, 3.8) is 0 Å². The van der Waals surface area contributed by atoms with Gasteiger partial charge in [-0.3, -0.25) is 0 Å². The van der Waals surface area contributed by atoms with Crippen molar-refractivity contribution in [3.05, 3.63) is 37.4 Å². The van der Waals surface area contributed by atoms with Crippen LogP contribution in [0.2, 0.25) is 0 Å². The van der Waals surface area contributed by atoms with Gasteiger partial charge < -0.3 is 0 Å². The van der Waals surface area contributed by atoms with Crippen LogP contribution in [0.15, 0.2) is 35.2 Å². The highest BCUT2D eigenvalue weighted by Gasteiger charge is 2.17. The summed E-state index contributed by atoms with van der Waals surface area (Å²) in [7, 11) is -0.189. The van der Waals surface area contributed by atoms with E-state index in [1.807, 2.05) is 0 Å². The largest absolute Gasteiger partial charge is 0.252 e. The Balaban J connectivity index is 3.17. The number of hydrogen-bond donors (Lipinski definition) is 0. The molecule has 0 atom stereocenters. The van der Waals surface area contributed by atoms with Gasteiger partial charge in [-0.25, -0.2) is 8.42 Å². The summed E-state index contributed by atoms with van der Waals surface area (Å²) < 4.78 is 23.5. The Hall–Kier alpha value is -0.390. The first-order valence-electron chi connectivity index (χ1n) is 3.12. The van der Waals surface area contributed by atoms with E-state index < -0.39 is 10.0 Å². The molecule has 1 radical (unpaired) electrons. The zero-order chi connectivity index (χ0) is 9.19. The molecular formula is C7H7BrNO2S. The number of halogens is 1. The lowest BCUT2D eigenvalue weighted by Gasteiger charge is -2.07. The summed E-state index contributed by atoms with van der Waals surface area (Å²) in [4.78, 5) is 0.219. The van der Waals surface area contributed by atoms with Crippen molar-refractivity contribution in [2.45, 2.75) is 4.90 Å². The van der Waals surface area contributed by atoms with E-state index in [0.717, 1.165) is 3.33 Å². The second-order valence-corrected chi connectivity index (χ2v) is 5.29. The van der Waals surface area contributed by atoms with Gasteiger partial charge in [0.25, 0.3) is 10.0 Å². The van der Waals surface area contributed by atoms with Gasteiger partial charge in [0.15, 0.2) is 0 Å². The van der Waals surface area contributed by atoms with E-state index >= 15 is 0 Å². The molecule has 0 spiro atoms. The number of rotatable bonds is 2. The van der Waals surface area contributed by atoms with Gasteiger partial charge in [-0.05, 0) is 12.1 Å². The van der Waals surface area contributed by atoms with E-state index in [1.165, 1.54) is 12.1 Å². The minimum absolute atomic E-state index is 0.219. The van der Waals surface area contributed by atoms with Crippen LogP contribution in [0, 0.1) is 7.05 Å². The van der Waals surface area contributed by atoms with Crippen molar-refractivity contribution in [1.82, 2.24) is 3.33 Å². The molecule has 65 valence electrons. The number of nitrogens with zero attached hydrogens (tertiary/aromatic N) is 1. The van der Waals surface area contributed by atoms with Crippen LogP contribution in [0.4, 0.5) is 0 Å². The van der Waals surface area contributed by atoms with Gasteiger partial charge in [-0.15, -0.1) is 3.33 Å². The summed E-state index contributed by atoms with van der Waals surface area (Å²) in [5.41, 5.74) is 0. The van der Waals surface area contributed by atoms with Gasteiger partial charge in [0, 0.05) is 23.2 Å². The lowest BCUT2D eigenvalue weighted by molar-refractivity contribution is 0.573. The predicted molar refractivity (Wildman–Crippen MR) is 49.8 cm³/mol. The summed E-state index contributed by atoms with van der Waals surface area (Å²) in [6.07, 6.45) is 0. The smallest absolute Gasteiger partial charge is 0.206 e. The molecule has 0 aliphatic rings. The fourth-order valence-corrected chi connectivity index (χ4v) is 1.94. The molecule has 1 rings (SSSR count). The maximum atomic E-state index is 11.3. The molecule has 0 fully saturated rings. The van der Waals surface area contributed by atoms with Crippen molar-refractivity contribution in [2.24, 2.45) is 0 Å². The SMILES string of the molecule is [CH2]N(Br)S(=O)(=O)c1ccccc1. The molecule has 1 aromatic carbocycles. The number of benzene rings is 1. The van der Waals surface area contributed by atoms with Crippen molar-refractivity contribution >= 4 is 26.2 Å². The summed E-state index contributed by atoms with van der Waals surface area (Å²) in [5.74, 6) is 0. The lowest BCUT2D eigenvalue weighted by Crippen LogP contribution is -2.14. The molecule has 0 N–H and O–H groups in total. The topological polar surface area (TPSA) is 37.4 Å². The standard InChI is InChI=1S/C7H7BrNO2S/c1-9(8)12(10,11)7-5-3-2-4-6-7/h2-6H,1H2. The summed E-state index contributed by atoms with van der Waals surface area (Å²) in [6.45, 7) is 0. The van der Waals surface area contributed by atoms with E-state index in [-0.39, 0.29) is 4.90 Å². The van der Waals surface area contributed by atoms with Crippen LogP contribution < -0.4 is 0 Å². The Morgan fingerprint density at radius 2 is 1.75 bits per heavy atom. The van der Waals surface area contributed by atoms with E-state index in [0.29, 0.717) is 0 Å². The first kappa shape index (κ1) is 9.70. The third-order valence-electron chi connectivity index (χ3n) is 1.30. The average Bonchev–Trinajstić information content (AvgIpc) is 2.06. The molecule has 0 aromatic heterocycles. The van der Waals surface area contributed by atoms with Gasteiger partial charge in [0.05, 0.1) is 4.90 Å². The highest BCUT2D eigenvalue weighted by molar-refractivity contribution is 9.08. The van der Waals surface area contributed by atoms with Gasteiger partial charge in [-0.1, -0.05) is 18.2 Å². The monoisotopic (exact) mass is 248 g/mol. The molecule has 0 saturated carbocycles. The van der Waals surface area contributed by atoms with Crippen LogP contribution in [0.1, 0.15) is 0 Å². The molecule has 0 amide bonds. The first-order chi connectivity index (χ1) is 5.55. The van der Waals surface area contributed by atoms with Crippen molar-refractivity contribution in [3.8, 4) is 0 Å². The van der Waals surface area contributed by atoms with Crippen LogP contribution in [-0.4, -0.2) is 11.7 Å². The minimum Gasteiger partial charge on any atom is -0.206 e. The molecule has 1 aromatic rings. The van der Waals surface area contributed by atoms with E-state index in [1.54, 1.807) is 18.2 Å². The normalized spacial score (nSPS) is 11.9. The van der Waals surface area contributed by atoms with Gasteiger partial charge in [0.2, 0.25) is 0 Å². The van der Waals surface area contributed by atoms with Crippen molar-refractivity contribution in [2.75, 3.05) is 0 Å². The van der Waals surface area contributed by atoms with Crippen LogP contribution in [-0.2, 0) is 10.0 Å². The number of sulfonamides is 1. The van der Waals surface area contributed by atoms with E-state index in [4.69, 9.17) is 0 Å². The molecule has 0 saturated heterocycles. The fraction of sp³-hybridized carbons (Fsp3) is 0. The van der Waals surface area contributed by atoms with Gasteiger partial charge >= 0.3 is 0 Å². The van der Waals surface area contributed by atoms with Crippen LogP contribution >= 0.6 is 16.1 Å². The van der Waals surface area contributed by atoms with Crippen molar-refractivity contribution < 1.29 is 8.42 Å². The Labute approximate surface area is 80.4 Å². The zero-order valence-electron chi connectivity index (χ0n) is 6.14. The Bertz CT molecular complexity index is 347. The molecule has 0 heterocycles. The lowest BCUT2D eigenvalue weighted by atomic mass is 10.4. The Morgan fingerprint density at radius 3 is 2.17 bits per heavy atom. The molecule has 0 aliphatic heterocycles. The Kier molecular flexibility index (Phi) is 2.87. The van der Waals surface area contributed by atoms with Crippen LogP contribution in [0.3, 0.4) is 0 Å². The maximum Gasteiger partial charge on any atom is 0.252 e. The third kappa shape index (κ3) is 1.85. The summed E-state index contributed by atoms with van der Waals surface area (Å²) in [6, 6.07) is 8.08. The van der Waals surface area contributed by atoms with Gasteiger partial charge in [0.1, 0.15) is 0 Å². The third-order valence-corrected chi connectivity index (χ3v) is 3.83. The second kappa shape index (κ2) is 3.55. The molecule has 5 heteroatoms. The highest BCUT2D eigenvalue weighted by Crippen LogP contribution is 2.16. The average molecular weight is 249 g/mol. The van der Waals surface area contributed by atoms with Crippen LogP contribution in [0.5, 0.6) is 0 Å². The predicted octanol–water partition coefficient (Wildman–Crippen LogP) is 1.78. The Morgan fingerprint density at radius 1 is 1.25 bits per heavy atom. The van der Waals surface area contributed by atoms with E-state index in [2.05, 4.69) is 23.2 Å². The fourth-order valence-electron chi connectivity index (χ4n) is 0.707. The first-order valence-corrected chi connectivity index (χ1v) is 5.27. The molecular weight excluding hydrogens is 242 g/mol. The zero-order valence-corrected chi connectivity index (χ0v) is 8.55. The number of hydrogen-bond acceptors (Lipinski definition) is 2. The van der Waals surface area contributed by atoms with Crippen molar-refractivity contribution in [1.29, 1.82) is 0 Å². The summed E-state index contributed by atoms with van der Waals surface area (Å²) in [5, 5.41) is 0. The highest BCUT2D eigenvalue weighted by atomic mass is 79.9. The minimum atomic E-state index is -3.44. The maximum absolute atomic E-state index is 11.3.